The first kappa shape index (κ1) is 13.0. The third-order valence-corrected chi connectivity index (χ3v) is 3.00. The Morgan fingerprint density at radius 3 is 2.08 bits per heavy atom. The topological polar surface area (TPSA) is 12.0 Å². The Hall–Kier alpha value is -0.0400. The van der Waals surface area contributed by atoms with Crippen molar-refractivity contribution in [3.05, 3.63) is 0 Å². The molecule has 1 atom stereocenters. The Kier molecular flexibility index (Phi) is 8.53. The first-order valence-corrected chi connectivity index (χ1v) is 5.99. The molecule has 13 heavy (non-hydrogen) atoms. The first-order chi connectivity index (χ1) is 6.26. The van der Waals surface area contributed by atoms with Crippen LogP contribution in [0.2, 0.25) is 0 Å². The van der Waals surface area contributed by atoms with Gasteiger partial charge in [-0.1, -0.05) is 46.5 Å². The van der Waals surface area contributed by atoms with Gasteiger partial charge >= 0.3 is 0 Å². The summed E-state index contributed by atoms with van der Waals surface area (Å²) in [7, 11) is 0. The predicted octanol–water partition coefficient (Wildman–Crippen LogP) is 3.59. The van der Waals surface area contributed by atoms with Gasteiger partial charge in [0.15, 0.2) is 0 Å². The van der Waals surface area contributed by atoms with Crippen LogP contribution in [-0.4, -0.2) is 12.6 Å². The second kappa shape index (κ2) is 8.55. The fourth-order valence-corrected chi connectivity index (χ4v) is 1.87. The number of nitrogens with one attached hydrogen (secondary N) is 1. The molecule has 1 N–H and O–H groups in total. The molecule has 0 bridgehead atoms. The van der Waals surface area contributed by atoms with Crippen LogP contribution in [0.1, 0.15) is 59.8 Å². The second-order valence-electron chi connectivity index (χ2n) is 4.03. The zero-order valence-corrected chi connectivity index (χ0v) is 9.90. The normalized spacial score (nSPS) is 13.6. The SMILES string of the molecule is CCCCCNC(C)C(CC)CC. The number of unbranched alkanes of at least 4 members (excludes halogenated alkanes) is 2. The summed E-state index contributed by atoms with van der Waals surface area (Å²) in [6, 6.07) is 0.701. The molecule has 0 saturated carbocycles. The zero-order valence-electron chi connectivity index (χ0n) is 9.90. The fraction of sp³-hybridized carbons (Fsp3) is 1.00. The van der Waals surface area contributed by atoms with Crippen molar-refractivity contribution in [2.24, 2.45) is 5.92 Å². The highest BCUT2D eigenvalue weighted by Crippen LogP contribution is 2.12. The molecule has 0 spiro atoms. The Morgan fingerprint density at radius 1 is 1.00 bits per heavy atom. The van der Waals surface area contributed by atoms with Crippen molar-refractivity contribution in [1.82, 2.24) is 5.32 Å². The van der Waals surface area contributed by atoms with E-state index in [0.29, 0.717) is 6.04 Å². The lowest BCUT2D eigenvalue weighted by molar-refractivity contribution is 0.352. The molecule has 0 aliphatic heterocycles. The summed E-state index contributed by atoms with van der Waals surface area (Å²) in [6.45, 7) is 10.4. The average Bonchev–Trinajstić information content (AvgIpc) is 2.14. The average molecular weight is 185 g/mol. The molecule has 0 aliphatic rings. The minimum Gasteiger partial charge on any atom is -0.314 e. The van der Waals surface area contributed by atoms with Gasteiger partial charge in [-0.2, -0.15) is 0 Å². The van der Waals surface area contributed by atoms with Crippen LogP contribution < -0.4 is 5.32 Å². The van der Waals surface area contributed by atoms with Crippen molar-refractivity contribution < 1.29 is 0 Å². The van der Waals surface area contributed by atoms with Crippen molar-refractivity contribution in [2.75, 3.05) is 6.54 Å². The lowest BCUT2D eigenvalue weighted by Crippen LogP contribution is -2.33. The summed E-state index contributed by atoms with van der Waals surface area (Å²) < 4.78 is 0. The van der Waals surface area contributed by atoms with Crippen LogP contribution in [0.5, 0.6) is 0 Å². The molecule has 0 fully saturated rings. The smallest absolute Gasteiger partial charge is 0.00667 e. The Bertz CT molecular complexity index is 97.3. The Morgan fingerprint density at radius 2 is 1.62 bits per heavy atom. The van der Waals surface area contributed by atoms with Gasteiger partial charge in [0, 0.05) is 6.04 Å². The van der Waals surface area contributed by atoms with Crippen LogP contribution in [0.3, 0.4) is 0 Å². The predicted molar refractivity (Wildman–Crippen MR) is 61.1 cm³/mol. The molecular weight excluding hydrogens is 158 g/mol. The summed E-state index contributed by atoms with van der Waals surface area (Å²) in [6.07, 6.45) is 6.63. The highest BCUT2D eigenvalue weighted by Gasteiger charge is 2.11. The van der Waals surface area contributed by atoms with Crippen molar-refractivity contribution in [2.45, 2.75) is 65.8 Å². The number of rotatable bonds is 8. The largest absolute Gasteiger partial charge is 0.314 e. The van der Waals surface area contributed by atoms with Gasteiger partial charge in [0.25, 0.3) is 0 Å². The molecule has 0 aromatic rings. The molecule has 1 nitrogen and oxygen atoms in total. The maximum atomic E-state index is 3.62. The lowest BCUT2D eigenvalue weighted by Gasteiger charge is -2.22. The summed E-state index contributed by atoms with van der Waals surface area (Å²) in [4.78, 5) is 0. The molecule has 0 heterocycles. The van der Waals surface area contributed by atoms with Crippen molar-refractivity contribution in [3.8, 4) is 0 Å². The van der Waals surface area contributed by atoms with E-state index in [1.165, 1.54) is 38.6 Å². The zero-order chi connectivity index (χ0) is 10.1. The maximum Gasteiger partial charge on any atom is 0.00667 e. The Labute approximate surface area is 84.3 Å². The lowest BCUT2D eigenvalue weighted by atomic mass is 9.95. The van der Waals surface area contributed by atoms with Crippen molar-refractivity contribution in [1.29, 1.82) is 0 Å². The number of hydrogen-bond donors (Lipinski definition) is 1. The fourth-order valence-electron chi connectivity index (χ4n) is 1.87. The van der Waals surface area contributed by atoms with Crippen molar-refractivity contribution in [3.63, 3.8) is 0 Å². The van der Waals surface area contributed by atoms with E-state index < -0.39 is 0 Å². The Balaban J connectivity index is 3.42. The standard InChI is InChI=1S/C12H27N/c1-5-8-9-10-13-11(4)12(6-2)7-3/h11-13H,5-10H2,1-4H3. The highest BCUT2D eigenvalue weighted by molar-refractivity contribution is 4.69. The molecule has 0 amide bonds. The third-order valence-electron chi connectivity index (χ3n) is 3.00. The van der Waals surface area contributed by atoms with E-state index in [4.69, 9.17) is 0 Å². The van der Waals surface area contributed by atoms with E-state index in [-0.39, 0.29) is 0 Å². The van der Waals surface area contributed by atoms with Crippen LogP contribution in [0.25, 0.3) is 0 Å². The highest BCUT2D eigenvalue weighted by atomic mass is 14.9. The van der Waals surface area contributed by atoms with Crippen LogP contribution in [0.15, 0.2) is 0 Å². The van der Waals surface area contributed by atoms with E-state index in [2.05, 4.69) is 33.0 Å². The summed E-state index contributed by atoms with van der Waals surface area (Å²) >= 11 is 0. The third kappa shape index (κ3) is 6.09. The van der Waals surface area contributed by atoms with Crippen LogP contribution in [0, 0.1) is 5.92 Å². The molecule has 0 aromatic carbocycles. The summed E-state index contributed by atoms with van der Waals surface area (Å²) in [5, 5.41) is 3.62. The van der Waals surface area contributed by atoms with E-state index in [1.54, 1.807) is 0 Å². The van der Waals surface area contributed by atoms with E-state index in [1.807, 2.05) is 0 Å². The molecule has 0 radical (unpaired) electrons. The van der Waals surface area contributed by atoms with Crippen LogP contribution in [-0.2, 0) is 0 Å². The summed E-state index contributed by atoms with van der Waals surface area (Å²) in [5.74, 6) is 0.863. The minimum absolute atomic E-state index is 0.701. The van der Waals surface area contributed by atoms with Crippen LogP contribution in [0.4, 0.5) is 0 Å². The van der Waals surface area contributed by atoms with Gasteiger partial charge in [-0.25, -0.2) is 0 Å². The van der Waals surface area contributed by atoms with Gasteiger partial charge < -0.3 is 5.32 Å². The maximum absolute atomic E-state index is 3.62. The van der Waals surface area contributed by atoms with E-state index in [9.17, 15) is 0 Å². The monoisotopic (exact) mass is 185 g/mol. The van der Waals surface area contributed by atoms with Gasteiger partial charge in [0.2, 0.25) is 0 Å². The number of hydrogen-bond acceptors (Lipinski definition) is 1. The molecule has 0 aliphatic carbocycles. The molecule has 0 aromatic heterocycles. The quantitative estimate of drug-likeness (QED) is 0.570. The second-order valence-corrected chi connectivity index (χ2v) is 4.03. The molecule has 1 heteroatoms. The first-order valence-electron chi connectivity index (χ1n) is 5.99. The van der Waals surface area contributed by atoms with Crippen molar-refractivity contribution >= 4 is 0 Å². The van der Waals surface area contributed by atoms with Gasteiger partial charge in [-0.3, -0.25) is 0 Å². The van der Waals surface area contributed by atoms with Gasteiger partial charge in [0.1, 0.15) is 0 Å². The van der Waals surface area contributed by atoms with Gasteiger partial charge in [0.05, 0.1) is 0 Å². The van der Waals surface area contributed by atoms with E-state index in [0.717, 1.165) is 5.92 Å². The molecular formula is C12H27N. The molecule has 80 valence electrons. The van der Waals surface area contributed by atoms with Gasteiger partial charge in [-0.05, 0) is 25.8 Å². The van der Waals surface area contributed by atoms with Crippen LogP contribution >= 0.6 is 0 Å². The molecule has 1 unspecified atom stereocenters. The minimum atomic E-state index is 0.701. The van der Waals surface area contributed by atoms with Gasteiger partial charge in [-0.15, -0.1) is 0 Å². The summed E-state index contributed by atoms with van der Waals surface area (Å²) in [5.41, 5.74) is 0. The molecule has 0 rings (SSSR count). The van der Waals surface area contributed by atoms with E-state index >= 15 is 0 Å². The molecule has 0 saturated heterocycles.